The quantitative estimate of drug-likeness (QED) is 0.336. The first-order valence-corrected chi connectivity index (χ1v) is 17.1. The summed E-state index contributed by atoms with van der Waals surface area (Å²) in [5, 5.41) is 0. The summed E-state index contributed by atoms with van der Waals surface area (Å²) in [6.45, 7) is 0. The first-order valence-electron chi connectivity index (χ1n) is 9.73. The molecule has 1 aromatic heterocycles. The van der Waals surface area contributed by atoms with Gasteiger partial charge in [0.25, 0.3) is 0 Å². The van der Waals surface area contributed by atoms with Gasteiger partial charge in [-0.3, -0.25) is 0 Å². The topological polar surface area (TPSA) is 12.9 Å². The van der Waals surface area contributed by atoms with Crippen molar-refractivity contribution >= 4 is 17.7 Å². The van der Waals surface area contributed by atoms with E-state index >= 15 is 0 Å². The molecule has 28 heavy (non-hydrogen) atoms. The second-order valence-corrected chi connectivity index (χ2v) is 18.9. The van der Waals surface area contributed by atoms with Crippen LogP contribution in [0.4, 0.5) is 0 Å². The molecule has 3 aromatic carbocycles. The number of hydrogen-bond donors (Lipinski definition) is 0. The van der Waals surface area contributed by atoms with Crippen LogP contribution in [-0.4, -0.2) is 18.3 Å². The molecule has 1 nitrogen and oxygen atoms in total. The average Bonchev–Trinajstić information content (AvgIpc) is 2.74. The summed E-state index contributed by atoms with van der Waals surface area (Å²) in [6, 6.07) is 32.4. The molecule has 0 saturated heterocycles. The summed E-state index contributed by atoms with van der Waals surface area (Å²) in [5.41, 5.74) is 7.00. The predicted molar refractivity (Wildman–Crippen MR) is 124 cm³/mol. The molecule has 1 heterocycles. The molecule has 0 N–H and O–H groups in total. The summed E-state index contributed by atoms with van der Waals surface area (Å²) in [6.07, 6.45) is 1.98. The van der Waals surface area contributed by atoms with Crippen LogP contribution >= 0.6 is 0 Å². The zero-order valence-electron chi connectivity index (χ0n) is 16.7. The van der Waals surface area contributed by atoms with E-state index in [0.717, 1.165) is 16.8 Å². The first kappa shape index (κ1) is 18.7. The molecule has 0 unspecified atom stereocenters. The molecule has 138 valence electrons. The van der Waals surface area contributed by atoms with Crippen LogP contribution in [0.1, 0.15) is 0 Å². The van der Waals surface area contributed by atoms with Gasteiger partial charge in [-0.05, 0) is 5.56 Å². The molecule has 4 aromatic rings. The average molecular weight is 424 g/mol. The van der Waals surface area contributed by atoms with Crippen LogP contribution in [0, 0.1) is 0 Å². The third-order valence-corrected chi connectivity index (χ3v) is 9.47. The molecule has 0 aliphatic heterocycles. The molecule has 4 rings (SSSR count). The molecule has 0 atom stereocenters. The maximum atomic E-state index is 4.71. The van der Waals surface area contributed by atoms with E-state index in [2.05, 4.69) is 102 Å². The number of benzene rings is 3. The van der Waals surface area contributed by atoms with E-state index in [1.54, 1.807) is 0 Å². The second kappa shape index (κ2) is 7.77. The molecular formula is C26H25GeN. The van der Waals surface area contributed by atoms with Gasteiger partial charge in [-0.2, -0.15) is 0 Å². The van der Waals surface area contributed by atoms with Crippen LogP contribution < -0.4 is 4.40 Å². The van der Waals surface area contributed by atoms with Gasteiger partial charge >= 0.3 is 135 Å². The van der Waals surface area contributed by atoms with Gasteiger partial charge in [0.1, 0.15) is 0 Å². The van der Waals surface area contributed by atoms with Crippen molar-refractivity contribution in [3.63, 3.8) is 0 Å². The van der Waals surface area contributed by atoms with Gasteiger partial charge in [0.15, 0.2) is 0 Å². The first-order chi connectivity index (χ1) is 13.5. The Morgan fingerprint density at radius 1 is 0.500 bits per heavy atom. The van der Waals surface area contributed by atoms with E-state index in [-0.39, 0.29) is 0 Å². The fraction of sp³-hybridized carbons (Fsp3) is 0.115. The molecule has 0 radical (unpaired) electrons. The molecule has 0 saturated carbocycles. The van der Waals surface area contributed by atoms with Crippen LogP contribution in [0.25, 0.3) is 33.5 Å². The molecule has 0 amide bonds. The van der Waals surface area contributed by atoms with Crippen molar-refractivity contribution in [2.45, 2.75) is 17.3 Å². The molecule has 0 fully saturated rings. The van der Waals surface area contributed by atoms with Gasteiger partial charge in [-0.15, -0.1) is 0 Å². The van der Waals surface area contributed by atoms with Gasteiger partial charge in [0.05, 0.1) is 0 Å². The molecular weight excluding hydrogens is 399 g/mol. The van der Waals surface area contributed by atoms with Crippen molar-refractivity contribution in [3.8, 4) is 33.5 Å². The van der Waals surface area contributed by atoms with Crippen molar-refractivity contribution in [2.75, 3.05) is 0 Å². The SMILES string of the molecule is [CH3][Ge]([CH3])([CH3])[c]1ccc(-c2ccc(-c3ccc(-c4ccccc4)cc3)nc2)cc1. The zero-order valence-corrected chi connectivity index (χ0v) is 18.8. The molecule has 0 spiro atoms. The number of nitrogens with zero attached hydrogens (tertiary/aromatic N) is 1. The van der Waals surface area contributed by atoms with Crippen molar-refractivity contribution in [2.24, 2.45) is 0 Å². The third kappa shape index (κ3) is 4.10. The van der Waals surface area contributed by atoms with Gasteiger partial charge in [0.2, 0.25) is 0 Å². The normalized spacial score (nSPS) is 11.4. The minimum absolute atomic E-state index is 1.00. The Morgan fingerprint density at radius 3 is 1.57 bits per heavy atom. The summed E-state index contributed by atoms with van der Waals surface area (Å²) < 4.78 is 1.53. The standard InChI is InChI=1S/C26H25GeN/c1-27(2,3)25-16-13-22(14-17-25)24-15-18-26(28-19-24)23-11-9-21(10-12-23)20-7-5-4-6-8-20/h4-19H,1-3H3. The molecule has 2 heteroatoms. The van der Waals surface area contributed by atoms with E-state index in [1.165, 1.54) is 21.1 Å². The fourth-order valence-corrected chi connectivity index (χ4v) is 5.81. The summed E-state index contributed by atoms with van der Waals surface area (Å²) in [7, 11) is 0. The van der Waals surface area contributed by atoms with Crippen LogP contribution in [0.5, 0.6) is 0 Å². The van der Waals surface area contributed by atoms with Gasteiger partial charge in [-0.1, -0.05) is 30.3 Å². The van der Waals surface area contributed by atoms with E-state index in [1.807, 2.05) is 12.3 Å². The van der Waals surface area contributed by atoms with Crippen molar-refractivity contribution in [3.05, 3.63) is 97.2 Å². The minimum atomic E-state index is -1.76. The van der Waals surface area contributed by atoms with Gasteiger partial charge in [0, 0.05) is 0 Å². The van der Waals surface area contributed by atoms with Crippen LogP contribution in [0.15, 0.2) is 97.2 Å². The van der Waals surface area contributed by atoms with Gasteiger partial charge in [-0.25, -0.2) is 0 Å². The summed E-state index contributed by atoms with van der Waals surface area (Å²) in [4.78, 5) is 4.71. The van der Waals surface area contributed by atoms with E-state index < -0.39 is 13.3 Å². The number of aromatic nitrogens is 1. The Labute approximate surface area is 170 Å². The van der Waals surface area contributed by atoms with Crippen molar-refractivity contribution < 1.29 is 0 Å². The Hall–Kier alpha value is -2.65. The van der Waals surface area contributed by atoms with Gasteiger partial charge < -0.3 is 0 Å². The van der Waals surface area contributed by atoms with Crippen LogP contribution in [0.3, 0.4) is 0 Å². The Kier molecular flexibility index (Phi) is 5.19. The van der Waals surface area contributed by atoms with Crippen molar-refractivity contribution in [1.82, 2.24) is 4.98 Å². The third-order valence-electron chi connectivity index (χ3n) is 5.14. The van der Waals surface area contributed by atoms with E-state index in [9.17, 15) is 0 Å². The maximum absolute atomic E-state index is 4.71. The molecule has 0 aliphatic rings. The van der Waals surface area contributed by atoms with E-state index in [0.29, 0.717) is 0 Å². The fourth-order valence-electron chi connectivity index (χ4n) is 3.36. The molecule has 0 aliphatic carbocycles. The monoisotopic (exact) mass is 425 g/mol. The zero-order chi connectivity index (χ0) is 19.6. The Bertz CT molecular complexity index is 1040. The summed E-state index contributed by atoms with van der Waals surface area (Å²) >= 11 is -1.76. The van der Waals surface area contributed by atoms with Crippen molar-refractivity contribution in [1.29, 1.82) is 0 Å². The van der Waals surface area contributed by atoms with Crippen LogP contribution in [-0.2, 0) is 0 Å². The van der Waals surface area contributed by atoms with E-state index in [4.69, 9.17) is 4.98 Å². The summed E-state index contributed by atoms with van der Waals surface area (Å²) in [5.74, 6) is 7.28. The Balaban J connectivity index is 1.55. The van der Waals surface area contributed by atoms with Crippen LogP contribution in [0.2, 0.25) is 17.3 Å². The predicted octanol–water partition coefficient (Wildman–Crippen LogP) is 6.63. The number of hydrogen-bond acceptors (Lipinski definition) is 1. The molecule has 0 bridgehead atoms. The Morgan fingerprint density at radius 2 is 1.00 bits per heavy atom. The number of pyridine rings is 1. The second-order valence-electron chi connectivity index (χ2n) is 8.20. The number of rotatable bonds is 4.